The van der Waals surface area contributed by atoms with E-state index in [0.717, 1.165) is 23.3 Å². The minimum absolute atomic E-state index is 0.0421. The van der Waals surface area contributed by atoms with Crippen LogP contribution in [0.5, 0.6) is 11.5 Å². The highest BCUT2D eigenvalue weighted by Crippen LogP contribution is 2.29. The summed E-state index contributed by atoms with van der Waals surface area (Å²) >= 11 is 7.56. The van der Waals surface area contributed by atoms with Gasteiger partial charge in [-0.25, -0.2) is 4.98 Å². The molecule has 0 saturated heterocycles. The van der Waals surface area contributed by atoms with Gasteiger partial charge in [0.15, 0.2) is 16.6 Å². The number of amides is 1. The van der Waals surface area contributed by atoms with Gasteiger partial charge in [-0.05, 0) is 41.8 Å². The van der Waals surface area contributed by atoms with Gasteiger partial charge in [-0.1, -0.05) is 49.2 Å². The minimum Gasteiger partial charge on any atom is -0.493 e. The number of rotatable bonds is 10. The van der Waals surface area contributed by atoms with Crippen molar-refractivity contribution in [2.45, 2.75) is 26.2 Å². The molecule has 0 saturated carbocycles. The molecule has 0 aliphatic carbocycles. The van der Waals surface area contributed by atoms with Gasteiger partial charge in [-0.2, -0.15) is 5.26 Å². The van der Waals surface area contributed by atoms with Crippen molar-refractivity contribution in [1.29, 1.82) is 5.26 Å². The fraction of sp³-hybridized carbons (Fsp3) is 0.240. The molecule has 8 heteroatoms. The summed E-state index contributed by atoms with van der Waals surface area (Å²) in [5, 5.41) is 13.3. The summed E-state index contributed by atoms with van der Waals surface area (Å²) < 4.78 is 11.1. The third kappa shape index (κ3) is 6.82. The molecule has 0 unspecified atom stereocenters. The molecule has 33 heavy (non-hydrogen) atoms. The first kappa shape index (κ1) is 24.3. The van der Waals surface area contributed by atoms with Gasteiger partial charge < -0.3 is 9.47 Å². The van der Waals surface area contributed by atoms with Gasteiger partial charge in [0.2, 0.25) is 0 Å². The minimum atomic E-state index is -0.529. The number of benzene rings is 2. The highest BCUT2D eigenvalue weighted by atomic mass is 35.5. The molecular weight excluding hydrogens is 458 g/mol. The Balaban J connectivity index is 1.69. The van der Waals surface area contributed by atoms with Crippen molar-refractivity contribution in [2.24, 2.45) is 0 Å². The van der Waals surface area contributed by atoms with Crippen LogP contribution < -0.4 is 14.8 Å². The molecule has 1 N–H and O–H groups in total. The van der Waals surface area contributed by atoms with Gasteiger partial charge in [0.05, 0.1) is 13.7 Å². The summed E-state index contributed by atoms with van der Waals surface area (Å²) in [5.41, 5.74) is 1.59. The molecular formula is C25H24ClN3O3S. The number of thiazole rings is 1. The zero-order chi connectivity index (χ0) is 23.6. The Bertz CT molecular complexity index is 1180. The lowest BCUT2D eigenvalue weighted by atomic mass is 10.1. The Hall–Kier alpha value is -3.34. The van der Waals surface area contributed by atoms with E-state index in [2.05, 4.69) is 17.2 Å². The van der Waals surface area contributed by atoms with E-state index in [1.165, 1.54) is 17.4 Å². The molecule has 3 aromatic rings. The predicted molar refractivity (Wildman–Crippen MR) is 132 cm³/mol. The van der Waals surface area contributed by atoms with Crippen LogP contribution in [0.4, 0.5) is 5.13 Å². The SMILES string of the molecule is CCCCOc1ccc(/C=C(\C#N)C(=O)Nc2ncc(Cc3ccccc3Cl)s2)cc1OC. The highest BCUT2D eigenvalue weighted by Gasteiger charge is 2.14. The second-order valence-electron chi connectivity index (χ2n) is 7.14. The van der Waals surface area contributed by atoms with Gasteiger partial charge in [0.1, 0.15) is 11.6 Å². The average molecular weight is 482 g/mol. The fourth-order valence-corrected chi connectivity index (χ4v) is 4.01. The number of unbranched alkanes of at least 4 members (excludes halogenated alkanes) is 1. The molecule has 6 nitrogen and oxygen atoms in total. The van der Waals surface area contributed by atoms with E-state index < -0.39 is 5.91 Å². The van der Waals surface area contributed by atoms with Crippen molar-refractivity contribution in [3.05, 3.63) is 75.3 Å². The van der Waals surface area contributed by atoms with E-state index in [4.69, 9.17) is 21.1 Å². The number of nitrogens with one attached hydrogen (secondary N) is 1. The number of anilines is 1. The second kappa shape index (κ2) is 12.0. The molecule has 1 heterocycles. The lowest BCUT2D eigenvalue weighted by molar-refractivity contribution is -0.112. The van der Waals surface area contributed by atoms with Crippen molar-refractivity contribution in [3.63, 3.8) is 0 Å². The number of halogens is 1. The third-order valence-corrected chi connectivity index (χ3v) is 6.00. The van der Waals surface area contributed by atoms with Crippen molar-refractivity contribution >= 4 is 40.1 Å². The maximum absolute atomic E-state index is 12.7. The molecule has 0 fully saturated rings. The summed E-state index contributed by atoms with van der Waals surface area (Å²) in [6.07, 6.45) is 5.79. The third-order valence-electron chi connectivity index (χ3n) is 4.72. The van der Waals surface area contributed by atoms with Gasteiger partial charge in [0.25, 0.3) is 5.91 Å². The molecule has 1 aromatic heterocycles. The van der Waals surface area contributed by atoms with E-state index in [9.17, 15) is 10.1 Å². The second-order valence-corrected chi connectivity index (χ2v) is 8.66. The van der Waals surface area contributed by atoms with Crippen LogP contribution in [0.3, 0.4) is 0 Å². The summed E-state index contributed by atoms with van der Waals surface area (Å²) in [6, 6.07) is 14.8. The molecule has 1 amide bonds. The number of carbonyl (C=O) groups is 1. The Morgan fingerprint density at radius 2 is 2.09 bits per heavy atom. The maximum Gasteiger partial charge on any atom is 0.268 e. The number of hydrogen-bond donors (Lipinski definition) is 1. The molecule has 0 spiro atoms. The van der Waals surface area contributed by atoms with Gasteiger partial charge in [0, 0.05) is 22.5 Å². The Labute approximate surface area is 202 Å². The summed E-state index contributed by atoms with van der Waals surface area (Å²) in [4.78, 5) is 17.9. The van der Waals surface area contributed by atoms with Crippen LogP contribution in [0.15, 0.2) is 54.2 Å². The quantitative estimate of drug-likeness (QED) is 0.214. The zero-order valence-corrected chi connectivity index (χ0v) is 20.0. The molecule has 0 atom stereocenters. The van der Waals surface area contributed by atoms with E-state index in [1.54, 1.807) is 31.5 Å². The van der Waals surface area contributed by atoms with E-state index in [-0.39, 0.29) is 5.57 Å². The van der Waals surface area contributed by atoms with E-state index in [0.29, 0.717) is 40.2 Å². The lowest BCUT2D eigenvalue weighted by Gasteiger charge is -2.11. The standard InChI is InChI=1S/C25H24ClN3O3S/c1-3-4-11-32-22-10-9-17(13-23(22)31-2)12-19(15-27)24(30)29-25-28-16-20(33-25)14-18-7-5-6-8-21(18)26/h5-10,12-13,16H,3-4,11,14H2,1-2H3,(H,28,29,30)/b19-12+. The number of nitriles is 1. The molecule has 2 aromatic carbocycles. The first-order chi connectivity index (χ1) is 16.0. The lowest BCUT2D eigenvalue weighted by Crippen LogP contribution is -2.13. The molecule has 0 radical (unpaired) electrons. The van der Waals surface area contributed by atoms with Crippen LogP contribution in [0.25, 0.3) is 6.08 Å². The maximum atomic E-state index is 12.7. The van der Waals surface area contributed by atoms with Crippen molar-refractivity contribution in [2.75, 3.05) is 19.0 Å². The van der Waals surface area contributed by atoms with Crippen LogP contribution in [0.1, 0.15) is 35.8 Å². The smallest absolute Gasteiger partial charge is 0.268 e. The summed E-state index contributed by atoms with van der Waals surface area (Å²) in [7, 11) is 1.55. The Morgan fingerprint density at radius 1 is 1.27 bits per heavy atom. The van der Waals surface area contributed by atoms with Gasteiger partial charge >= 0.3 is 0 Å². The van der Waals surface area contributed by atoms with Crippen molar-refractivity contribution in [3.8, 4) is 17.6 Å². The fourth-order valence-electron chi connectivity index (χ4n) is 2.98. The predicted octanol–water partition coefficient (Wildman–Crippen LogP) is 6.12. The summed E-state index contributed by atoms with van der Waals surface area (Å²) in [6.45, 7) is 2.69. The highest BCUT2D eigenvalue weighted by molar-refractivity contribution is 7.15. The first-order valence-electron chi connectivity index (χ1n) is 10.5. The van der Waals surface area contributed by atoms with Crippen LogP contribution in [-0.4, -0.2) is 24.6 Å². The van der Waals surface area contributed by atoms with Crippen molar-refractivity contribution < 1.29 is 14.3 Å². The summed E-state index contributed by atoms with van der Waals surface area (Å²) in [5.74, 6) is 0.639. The molecule has 0 aliphatic rings. The first-order valence-corrected chi connectivity index (χ1v) is 11.7. The van der Waals surface area contributed by atoms with Crippen LogP contribution in [0, 0.1) is 11.3 Å². The molecule has 170 valence electrons. The number of carbonyl (C=O) groups excluding carboxylic acids is 1. The van der Waals surface area contributed by atoms with Crippen LogP contribution >= 0.6 is 22.9 Å². The molecule has 3 rings (SSSR count). The Morgan fingerprint density at radius 3 is 2.82 bits per heavy atom. The van der Waals surface area contributed by atoms with Gasteiger partial charge in [-0.15, -0.1) is 11.3 Å². The van der Waals surface area contributed by atoms with E-state index >= 15 is 0 Å². The van der Waals surface area contributed by atoms with Gasteiger partial charge in [-0.3, -0.25) is 10.1 Å². The number of methoxy groups -OCH3 is 1. The zero-order valence-electron chi connectivity index (χ0n) is 18.4. The van der Waals surface area contributed by atoms with E-state index in [1.807, 2.05) is 30.3 Å². The van der Waals surface area contributed by atoms with Crippen molar-refractivity contribution in [1.82, 2.24) is 4.98 Å². The van der Waals surface area contributed by atoms with Crippen LogP contribution in [-0.2, 0) is 11.2 Å². The number of aromatic nitrogens is 1. The number of nitrogens with zero attached hydrogens (tertiary/aromatic N) is 2. The monoisotopic (exact) mass is 481 g/mol. The largest absolute Gasteiger partial charge is 0.493 e. The average Bonchev–Trinajstić information content (AvgIpc) is 3.26. The molecule has 0 aliphatic heterocycles. The normalized spacial score (nSPS) is 11.0. The Kier molecular flexibility index (Phi) is 8.87. The molecule has 0 bridgehead atoms. The number of hydrogen-bond acceptors (Lipinski definition) is 6. The topological polar surface area (TPSA) is 84.2 Å². The number of ether oxygens (including phenoxy) is 2. The van der Waals surface area contributed by atoms with Crippen LogP contribution in [0.2, 0.25) is 5.02 Å².